The number of hydrogen-bond acceptors (Lipinski definition) is 2. The second kappa shape index (κ2) is 4.73. The third-order valence-electron chi connectivity index (χ3n) is 4.10. The number of aliphatic hydroxyl groups is 1. The average molecular weight is 247 g/mol. The van der Waals surface area contributed by atoms with Gasteiger partial charge in [-0.3, -0.25) is 4.79 Å². The summed E-state index contributed by atoms with van der Waals surface area (Å²) in [5.41, 5.74) is 2.09. The molecule has 0 aliphatic carbocycles. The molecule has 1 aromatic rings. The summed E-state index contributed by atoms with van der Waals surface area (Å²) in [5, 5.41) is 9.36. The van der Waals surface area contributed by atoms with Gasteiger partial charge in [-0.1, -0.05) is 29.8 Å². The van der Waals surface area contributed by atoms with Gasteiger partial charge >= 0.3 is 0 Å². The molecule has 1 unspecified atom stereocenters. The fourth-order valence-corrected chi connectivity index (χ4v) is 2.57. The van der Waals surface area contributed by atoms with Gasteiger partial charge in [-0.25, -0.2) is 0 Å². The van der Waals surface area contributed by atoms with Gasteiger partial charge in [0.15, 0.2) is 0 Å². The lowest BCUT2D eigenvalue weighted by atomic mass is 9.89. The Morgan fingerprint density at radius 3 is 2.44 bits per heavy atom. The van der Waals surface area contributed by atoms with Crippen molar-refractivity contribution in [3.05, 3.63) is 35.4 Å². The molecule has 1 aliphatic rings. The average Bonchev–Trinajstić information content (AvgIpc) is 2.54. The smallest absolute Gasteiger partial charge is 0.223 e. The number of rotatable bonds is 3. The van der Waals surface area contributed by atoms with Crippen molar-refractivity contribution in [2.24, 2.45) is 5.92 Å². The maximum absolute atomic E-state index is 12.0. The van der Waals surface area contributed by atoms with Crippen molar-refractivity contribution in [2.45, 2.75) is 39.3 Å². The quantitative estimate of drug-likeness (QED) is 0.888. The van der Waals surface area contributed by atoms with E-state index in [1.54, 1.807) is 0 Å². The molecule has 1 saturated heterocycles. The van der Waals surface area contributed by atoms with Crippen molar-refractivity contribution < 1.29 is 9.90 Å². The van der Waals surface area contributed by atoms with E-state index in [9.17, 15) is 9.90 Å². The van der Waals surface area contributed by atoms with Crippen molar-refractivity contribution in [3.8, 4) is 0 Å². The Labute approximate surface area is 108 Å². The molecule has 1 N–H and O–H groups in total. The third kappa shape index (κ3) is 2.27. The Morgan fingerprint density at radius 1 is 1.33 bits per heavy atom. The summed E-state index contributed by atoms with van der Waals surface area (Å²) in [6, 6.07) is 8.24. The highest BCUT2D eigenvalue weighted by Crippen LogP contribution is 2.36. The second-order valence-corrected chi connectivity index (χ2v) is 5.70. The molecule has 1 atom stereocenters. The predicted molar refractivity (Wildman–Crippen MR) is 71.0 cm³/mol. The monoisotopic (exact) mass is 247 g/mol. The molecular formula is C15H21NO2. The van der Waals surface area contributed by atoms with Crippen LogP contribution in [0.1, 0.15) is 31.4 Å². The van der Waals surface area contributed by atoms with Crippen LogP contribution in [0.15, 0.2) is 24.3 Å². The van der Waals surface area contributed by atoms with Crippen LogP contribution in [-0.2, 0) is 11.3 Å². The number of aryl methyl sites for hydroxylation is 1. The molecule has 3 nitrogen and oxygen atoms in total. The van der Waals surface area contributed by atoms with E-state index in [4.69, 9.17) is 0 Å². The van der Waals surface area contributed by atoms with Crippen LogP contribution in [0.4, 0.5) is 0 Å². The number of benzene rings is 1. The topological polar surface area (TPSA) is 40.5 Å². The first-order chi connectivity index (χ1) is 8.45. The highest BCUT2D eigenvalue weighted by atomic mass is 16.3. The fraction of sp³-hybridized carbons (Fsp3) is 0.533. The summed E-state index contributed by atoms with van der Waals surface area (Å²) in [6.07, 6.45) is 0.454. The maximum Gasteiger partial charge on any atom is 0.223 e. The van der Waals surface area contributed by atoms with Crippen LogP contribution in [0.25, 0.3) is 0 Å². The van der Waals surface area contributed by atoms with E-state index < -0.39 is 0 Å². The largest absolute Gasteiger partial charge is 0.396 e. The summed E-state index contributed by atoms with van der Waals surface area (Å²) in [4.78, 5) is 13.9. The van der Waals surface area contributed by atoms with Crippen LogP contribution >= 0.6 is 0 Å². The SMILES string of the molecule is Cc1ccc(CN2C(=O)CC(CO)C2(C)C)cc1. The van der Waals surface area contributed by atoms with Crippen molar-refractivity contribution in [1.29, 1.82) is 0 Å². The standard InChI is InChI=1S/C15H21NO2/c1-11-4-6-12(7-5-11)9-16-14(18)8-13(10-17)15(16,2)3/h4-7,13,17H,8-10H2,1-3H3. The number of carbonyl (C=O) groups excluding carboxylic acids is 1. The molecule has 1 aliphatic heterocycles. The summed E-state index contributed by atoms with van der Waals surface area (Å²) in [5.74, 6) is 0.176. The van der Waals surface area contributed by atoms with Crippen LogP contribution in [0, 0.1) is 12.8 Å². The van der Waals surface area contributed by atoms with E-state index in [1.807, 2.05) is 18.7 Å². The molecule has 1 heterocycles. The van der Waals surface area contributed by atoms with Gasteiger partial charge in [0.25, 0.3) is 0 Å². The van der Waals surface area contributed by atoms with Gasteiger partial charge in [-0.2, -0.15) is 0 Å². The van der Waals surface area contributed by atoms with Gasteiger partial charge < -0.3 is 10.0 Å². The first kappa shape index (κ1) is 13.1. The molecule has 0 spiro atoms. The number of hydrogen-bond donors (Lipinski definition) is 1. The summed E-state index contributed by atoms with van der Waals surface area (Å²) in [7, 11) is 0. The highest BCUT2D eigenvalue weighted by molar-refractivity contribution is 5.80. The fourth-order valence-electron chi connectivity index (χ4n) is 2.57. The molecule has 98 valence electrons. The van der Waals surface area contributed by atoms with E-state index in [2.05, 4.69) is 31.2 Å². The van der Waals surface area contributed by atoms with E-state index in [0.29, 0.717) is 13.0 Å². The lowest BCUT2D eigenvalue weighted by Gasteiger charge is -2.35. The van der Waals surface area contributed by atoms with Crippen molar-refractivity contribution in [2.75, 3.05) is 6.61 Å². The second-order valence-electron chi connectivity index (χ2n) is 5.70. The van der Waals surface area contributed by atoms with E-state index in [0.717, 1.165) is 5.56 Å². The molecular weight excluding hydrogens is 226 g/mol. The van der Waals surface area contributed by atoms with Crippen LogP contribution < -0.4 is 0 Å². The lowest BCUT2D eigenvalue weighted by molar-refractivity contribution is -0.131. The van der Waals surface area contributed by atoms with Gasteiger partial charge in [0.2, 0.25) is 5.91 Å². The van der Waals surface area contributed by atoms with Crippen LogP contribution in [0.2, 0.25) is 0 Å². The Balaban J connectivity index is 2.18. The van der Waals surface area contributed by atoms with Gasteiger partial charge in [0.05, 0.1) is 0 Å². The van der Waals surface area contributed by atoms with Gasteiger partial charge in [0, 0.05) is 31.0 Å². The molecule has 0 bridgehead atoms. The Kier molecular flexibility index (Phi) is 3.44. The number of likely N-dealkylation sites (tertiary alicyclic amines) is 1. The zero-order chi connectivity index (χ0) is 13.3. The van der Waals surface area contributed by atoms with Crippen molar-refractivity contribution >= 4 is 5.91 Å². The zero-order valence-electron chi connectivity index (χ0n) is 11.3. The molecule has 2 rings (SSSR count). The van der Waals surface area contributed by atoms with Crippen molar-refractivity contribution in [3.63, 3.8) is 0 Å². The van der Waals surface area contributed by atoms with Gasteiger partial charge in [0.1, 0.15) is 0 Å². The number of amides is 1. The zero-order valence-corrected chi connectivity index (χ0v) is 11.3. The van der Waals surface area contributed by atoms with Gasteiger partial charge in [-0.05, 0) is 26.3 Å². The predicted octanol–water partition coefficient (Wildman–Crippen LogP) is 2.11. The van der Waals surface area contributed by atoms with Crippen LogP contribution in [0.3, 0.4) is 0 Å². The lowest BCUT2D eigenvalue weighted by Crippen LogP contribution is -2.44. The molecule has 1 aromatic carbocycles. The summed E-state index contributed by atoms with van der Waals surface area (Å²) >= 11 is 0. The Morgan fingerprint density at radius 2 is 1.94 bits per heavy atom. The number of aliphatic hydroxyl groups excluding tert-OH is 1. The Hall–Kier alpha value is -1.35. The molecule has 0 radical (unpaired) electrons. The third-order valence-corrected chi connectivity index (χ3v) is 4.10. The minimum Gasteiger partial charge on any atom is -0.396 e. The van der Waals surface area contributed by atoms with E-state index in [1.165, 1.54) is 5.56 Å². The van der Waals surface area contributed by atoms with Gasteiger partial charge in [-0.15, -0.1) is 0 Å². The Bertz CT molecular complexity index is 436. The molecule has 1 fully saturated rings. The van der Waals surface area contributed by atoms with Crippen LogP contribution in [0.5, 0.6) is 0 Å². The highest BCUT2D eigenvalue weighted by Gasteiger charge is 2.45. The first-order valence-corrected chi connectivity index (χ1v) is 6.42. The molecule has 0 aromatic heterocycles. The van der Waals surface area contributed by atoms with Crippen molar-refractivity contribution in [1.82, 2.24) is 4.90 Å². The van der Waals surface area contributed by atoms with E-state index >= 15 is 0 Å². The molecule has 18 heavy (non-hydrogen) atoms. The molecule has 0 saturated carbocycles. The van der Waals surface area contributed by atoms with Crippen LogP contribution in [-0.4, -0.2) is 28.1 Å². The number of carbonyl (C=O) groups is 1. The normalized spacial score (nSPS) is 22.6. The first-order valence-electron chi connectivity index (χ1n) is 6.42. The minimum atomic E-state index is -0.267. The molecule has 3 heteroatoms. The number of nitrogens with zero attached hydrogens (tertiary/aromatic N) is 1. The molecule has 1 amide bonds. The maximum atomic E-state index is 12.0. The summed E-state index contributed by atoms with van der Waals surface area (Å²) in [6.45, 7) is 6.82. The van der Waals surface area contributed by atoms with E-state index in [-0.39, 0.29) is 24.0 Å². The summed E-state index contributed by atoms with van der Waals surface area (Å²) < 4.78 is 0. The minimum absolute atomic E-state index is 0.0375.